The van der Waals surface area contributed by atoms with Crippen molar-refractivity contribution in [1.82, 2.24) is 0 Å². The normalized spacial score (nSPS) is 14.5. The molecule has 0 aromatic heterocycles. The fraction of sp³-hybridized carbons (Fsp3) is 0.364. The molecule has 1 aromatic rings. The molecule has 2 nitrogen and oxygen atoms in total. The maximum absolute atomic E-state index is 12.6. The SMILES string of the molecule is CC(C)(C)[S@+]([O-])/N=C/c1ccc(F)cc1. The maximum atomic E-state index is 12.6. The first-order chi connectivity index (χ1) is 6.89. The van der Waals surface area contributed by atoms with Crippen LogP contribution < -0.4 is 0 Å². The minimum atomic E-state index is -1.27. The standard InChI is InChI=1S/C11H14FNOS/c1-11(2,3)15(14)13-8-9-4-6-10(12)7-5-9/h4-8H,1-3H3/b13-8+/t15-/m0/s1. The summed E-state index contributed by atoms with van der Waals surface area (Å²) in [4.78, 5) is 0. The lowest BCUT2D eigenvalue weighted by Crippen LogP contribution is -2.25. The van der Waals surface area contributed by atoms with Crippen molar-refractivity contribution in [3.63, 3.8) is 0 Å². The Morgan fingerprint density at radius 2 is 1.80 bits per heavy atom. The minimum Gasteiger partial charge on any atom is -0.591 e. The summed E-state index contributed by atoms with van der Waals surface area (Å²) in [5.74, 6) is -0.288. The molecule has 0 unspecified atom stereocenters. The Balaban J connectivity index is 2.70. The lowest BCUT2D eigenvalue weighted by molar-refractivity contribution is 0.562. The molecule has 1 aromatic carbocycles. The van der Waals surface area contributed by atoms with Crippen LogP contribution in [0.4, 0.5) is 4.39 Å². The van der Waals surface area contributed by atoms with Crippen molar-refractivity contribution in [3.8, 4) is 0 Å². The van der Waals surface area contributed by atoms with Crippen LogP contribution in [0, 0.1) is 5.82 Å². The Morgan fingerprint density at radius 3 is 2.27 bits per heavy atom. The van der Waals surface area contributed by atoms with E-state index in [9.17, 15) is 8.94 Å². The van der Waals surface area contributed by atoms with Crippen LogP contribution in [0.15, 0.2) is 28.7 Å². The summed E-state index contributed by atoms with van der Waals surface area (Å²) in [7, 11) is 0. The topological polar surface area (TPSA) is 35.4 Å². The van der Waals surface area contributed by atoms with Crippen molar-refractivity contribution >= 4 is 17.6 Å². The van der Waals surface area contributed by atoms with E-state index in [0.717, 1.165) is 5.56 Å². The highest BCUT2D eigenvalue weighted by Crippen LogP contribution is 2.16. The molecule has 0 heterocycles. The lowest BCUT2D eigenvalue weighted by Gasteiger charge is -2.17. The van der Waals surface area contributed by atoms with Crippen molar-refractivity contribution in [2.45, 2.75) is 25.5 Å². The zero-order valence-corrected chi connectivity index (χ0v) is 9.84. The number of halogens is 1. The van der Waals surface area contributed by atoms with Crippen molar-refractivity contribution in [1.29, 1.82) is 0 Å². The van der Waals surface area contributed by atoms with Gasteiger partial charge in [-0.3, -0.25) is 0 Å². The molecule has 0 fully saturated rings. The molecule has 0 saturated carbocycles. The second-order valence-corrected chi connectivity index (χ2v) is 6.08. The molecule has 15 heavy (non-hydrogen) atoms. The average Bonchev–Trinajstić information content (AvgIpc) is 2.15. The van der Waals surface area contributed by atoms with E-state index < -0.39 is 11.4 Å². The van der Waals surface area contributed by atoms with Crippen LogP contribution in [0.1, 0.15) is 26.3 Å². The molecule has 1 atom stereocenters. The summed E-state index contributed by atoms with van der Waals surface area (Å²) in [5.41, 5.74) is 0.744. The summed E-state index contributed by atoms with van der Waals surface area (Å²) in [6.07, 6.45) is 1.50. The van der Waals surface area contributed by atoms with Crippen molar-refractivity contribution in [3.05, 3.63) is 35.6 Å². The van der Waals surface area contributed by atoms with Gasteiger partial charge in [0, 0.05) is 0 Å². The molecule has 0 radical (unpaired) electrons. The molecule has 0 bridgehead atoms. The van der Waals surface area contributed by atoms with Crippen LogP contribution in [-0.2, 0) is 11.4 Å². The Bertz CT molecular complexity index is 343. The molecule has 0 amide bonds. The number of benzene rings is 1. The van der Waals surface area contributed by atoms with E-state index in [2.05, 4.69) is 4.40 Å². The maximum Gasteiger partial charge on any atom is 0.144 e. The molecule has 1 rings (SSSR count). The predicted octanol–water partition coefficient (Wildman–Crippen LogP) is 2.71. The van der Waals surface area contributed by atoms with Gasteiger partial charge in [-0.2, -0.15) is 0 Å². The monoisotopic (exact) mass is 227 g/mol. The van der Waals surface area contributed by atoms with Gasteiger partial charge in [0.25, 0.3) is 0 Å². The highest BCUT2D eigenvalue weighted by atomic mass is 32.2. The molecule has 0 aliphatic rings. The van der Waals surface area contributed by atoms with Crippen molar-refractivity contribution in [2.24, 2.45) is 4.40 Å². The average molecular weight is 227 g/mol. The van der Waals surface area contributed by atoms with Gasteiger partial charge in [0.15, 0.2) is 0 Å². The van der Waals surface area contributed by atoms with Crippen LogP contribution in [0.25, 0.3) is 0 Å². The van der Waals surface area contributed by atoms with E-state index in [1.54, 1.807) is 12.1 Å². The number of rotatable bonds is 2. The van der Waals surface area contributed by atoms with Crippen LogP contribution in [-0.4, -0.2) is 15.5 Å². The second kappa shape index (κ2) is 4.77. The van der Waals surface area contributed by atoms with Crippen LogP contribution in [0.5, 0.6) is 0 Å². The number of nitrogens with zero attached hydrogens (tertiary/aromatic N) is 1. The van der Waals surface area contributed by atoms with E-state index in [1.165, 1.54) is 18.3 Å². The third kappa shape index (κ3) is 4.01. The molecule has 0 N–H and O–H groups in total. The van der Waals surface area contributed by atoms with E-state index in [0.29, 0.717) is 0 Å². The number of hydrogen-bond donors (Lipinski definition) is 0. The quantitative estimate of drug-likeness (QED) is 0.565. The lowest BCUT2D eigenvalue weighted by atomic mass is 10.2. The Labute approximate surface area is 92.5 Å². The van der Waals surface area contributed by atoms with Crippen molar-refractivity contribution < 1.29 is 8.94 Å². The molecule has 0 spiro atoms. The molecular weight excluding hydrogens is 213 g/mol. The van der Waals surface area contributed by atoms with Gasteiger partial charge in [-0.15, -0.1) is 0 Å². The van der Waals surface area contributed by atoms with Crippen LogP contribution >= 0.6 is 0 Å². The van der Waals surface area contributed by atoms with Gasteiger partial charge in [0.2, 0.25) is 0 Å². The Kier molecular flexibility index (Phi) is 3.88. The molecule has 0 aliphatic heterocycles. The fourth-order valence-corrected chi connectivity index (χ4v) is 1.35. The van der Waals surface area contributed by atoms with E-state index >= 15 is 0 Å². The molecule has 0 saturated heterocycles. The van der Waals surface area contributed by atoms with Gasteiger partial charge in [-0.05, 0) is 38.5 Å². The first-order valence-corrected chi connectivity index (χ1v) is 5.72. The highest BCUT2D eigenvalue weighted by Gasteiger charge is 2.25. The van der Waals surface area contributed by atoms with Gasteiger partial charge >= 0.3 is 0 Å². The van der Waals surface area contributed by atoms with Crippen molar-refractivity contribution in [2.75, 3.05) is 0 Å². The third-order valence-electron chi connectivity index (χ3n) is 1.69. The summed E-state index contributed by atoms with van der Waals surface area (Å²) in [6, 6.07) is 5.89. The van der Waals surface area contributed by atoms with E-state index in [4.69, 9.17) is 0 Å². The Morgan fingerprint density at radius 1 is 1.27 bits per heavy atom. The molecule has 4 heteroatoms. The van der Waals surface area contributed by atoms with Crippen LogP contribution in [0.2, 0.25) is 0 Å². The van der Waals surface area contributed by atoms with Gasteiger partial charge in [-0.1, -0.05) is 16.5 Å². The smallest absolute Gasteiger partial charge is 0.144 e. The fourth-order valence-electron chi connectivity index (χ4n) is 0.816. The minimum absolute atomic E-state index is 0.288. The van der Waals surface area contributed by atoms with Crippen LogP contribution in [0.3, 0.4) is 0 Å². The summed E-state index contributed by atoms with van der Waals surface area (Å²) < 4.78 is 27.7. The van der Waals surface area contributed by atoms with E-state index in [-0.39, 0.29) is 10.6 Å². The first kappa shape index (κ1) is 12.2. The summed E-state index contributed by atoms with van der Waals surface area (Å²) in [5, 5.41) is 0. The molecule has 0 aliphatic carbocycles. The Hall–Kier alpha value is -0.870. The van der Waals surface area contributed by atoms with Gasteiger partial charge in [0.05, 0.1) is 6.21 Å². The van der Waals surface area contributed by atoms with E-state index in [1.807, 2.05) is 20.8 Å². The summed E-state index contributed by atoms with van der Waals surface area (Å²) in [6.45, 7) is 5.56. The highest BCUT2D eigenvalue weighted by molar-refractivity contribution is 7.91. The second-order valence-electron chi connectivity index (χ2n) is 4.15. The first-order valence-electron chi connectivity index (χ1n) is 4.61. The largest absolute Gasteiger partial charge is 0.591 e. The number of hydrogen-bond acceptors (Lipinski definition) is 2. The van der Waals surface area contributed by atoms with Gasteiger partial charge < -0.3 is 4.55 Å². The zero-order chi connectivity index (χ0) is 11.5. The predicted molar refractivity (Wildman–Crippen MR) is 61.9 cm³/mol. The van der Waals surface area contributed by atoms with Gasteiger partial charge in [0.1, 0.15) is 21.9 Å². The van der Waals surface area contributed by atoms with Gasteiger partial charge in [-0.25, -0.2) is 4.39 Å². The third-order valence-corrected chi connectivity index (χ3v) is 3.04. The molecule has 82 valence electrons. The zero-order valence-electron chi connectivity index (χ0n) is 9.03. The molecular formula is C11H14FNOS. The summed E-state index contributed by atoms with van der Waals surface area (Å²) >= 11 is -1.27.